The van der Waals surface area contributed by atoms with Gasteiger partial charge in [0.15, 0.2) is 5.96 Å². The predicted molar refractivity (Wildman–Crippen MR) is 69.8 cm³/mol. The number of guanidine groups is 1. The van der Waals surface area contributed by atoms with Crippen LogP contribution in [0.15, 0.2) is 4.99 Å². The molecule has 1 aromatic rings. The molecule has 0 saturated heterocycles. The monoisotopic (exact) mass is 240 g/mol. The van der Waals surface area contributed by atoms with Crippen molar-refractivity contribution in [3.63, 3.8) is 0 Å². The Morgan fingerprint density at radius 2 is 2.00 bits per heavy atom. The van der Waals surface area contributed by atoms with Crippen molar-refractivity contribution in [3.05, 3.63) is 15.6 Å². The zero-order valence-electron chi connectivity index (χ0n) is 10.4. The van der Waals surface area contributed by atoms with Crippen LogP contribution >= 0.6 is 11.3 Å². The molecule has 0 spiro atoms. The second-order valence-corrected chi connectivity index (χ2v) is 4.88. The molecule has 0 aliphatic heterocycles. The SMILES string of the molecule is CCN(CC)C(N)=NCc1sc(C)nc1C. The van der Waals surface area contributed by atoms with Gasteiger partial charge in [0.25, 0.3) is 0 Å². The highest BCUT2D eigenvalue weighted by atomic mass is 32.1. The molecule has 90 valence electrons. The highest BCUT2D eigenvalue weighted by molar-refractivity contribution is 7.11. The van der Waals surface area contributed by atoms with Crippen LogP contribution in [0.4, 0.5) is 0 Å². The van der Waals surface area contributed by atoms with Crippen molar-refractivity contribution in [1.29, 1.82) is 0 Å². The third kappa shape index (κ3) is 3.20. The first kappa shape index (κ1) is 13.0. The first-order valence-electron chi connectivity index (χ1n) is 5.56. The minimum Gasteiger partial charge on any atom is -0.370 e. The number of aromatic nitrogens is 1. The Morgan fingerprint density at radius 1 is 1.38 bits per heavy atom. The van der Waals surface area contributed by atoms with E-state index in [0.717, 1.165) is 23.8 Å². The summed E-state index contributed by atoms with van der Waals surface area (Å²) >= 11 is 1.69. The van der Waals surface area contributed by atoms with Crippen molar-refractivity contribution in [2.75, 3.05) is 13.1 Å². The van der Waals surface area contributed by atoms with Crippen LogP contribution in [0.1, 0.15) is 29.4 Å². The van der Waals surface area contributed by atoms with Gasteiger partial charge in [0.2, 0.25) is 0 Å². The fourth-order valence-electron chi connectivity index (χ4n) is 1.52. The summed E-state index contributed by atoms with van der Waals surface area (Å²) in [5.74, 6) is 0.621. The molecule has 1 rings (SSSR count). The van der Waals surface area contributed by atoms with Crippen molar-refractivity contribution < 1.29 is 0 Å². The Bertz CT molecular complexity index is 366. The highest BCUT2D eigenvalue weighted by Gasteiger charge is 2.05. The second-order valence-electron chi connectivity index (χ2n) is 3.59. The molecular formula is C11H20N4S. The summed E-state index contributed by atoms with van der Waals surface area (Å²) in [5, 5.41) is 1.09. The molecule has 0 aliphatic carbocycles. The van der Waals surface area contributed by atoms with E-state index in [1.54, 1.807) is 11.3 Å². The number of hydrogen-bond donors (Lipinski definition) is 1. The van der Waals surface area contributed by atoms with Gasteiger partial charge in [0.1, 0.15) is 0 Å². The third-order valence-electron chi connectivity index (χ3n) is 2.47. The van der Waals surface area contributed by atoms with Crippen LogP contribution in [0.3, 0.4) is 0 Å². The molecule has 1 heterocycles. The summed E-state index contributed by atoms with van der Waals surface area (Å²) in [6.07, 6.45) is 0. The highest BCUT2D eigenvalue weighted by Crippen LogP contribution is 2.17. The van der Waals surface area contributed by atoms with Crippen LogP contribution in [-0.2, 0) is 6.54 Å². The van der Waals surface area contributed by atoms with Crippen molar-refractivity contribution >= 4 is 17.3 Å². The summed E-state index contributed by atoms with van der Waals surface area (Å²) in [6, 6.07) is 0. The maximum Gasteiger partial charge on any atom is 0.191 e. The van der Waals surface area contributed by atoms with E-state index >= 15 is 0 Å². The zero-order chi connectivity index (χ0) is 12.1. The lowest BCUT2D eigenvalue weighted by molar-refractivity contribution is 0.458. The third-order valence-corrected chi connectivity index (χ3v) is 3.53. The molecule has 1 aromatic heterocycles. The Hall–Kier alpha value is -1.10. The summed E-state index contributed by atoms with van der Waals surface area (Å²) in [4.78, 5) is 12.0. The summed E-state index contributed by atoms with van der Waals surface area (Å²) in [5.41, 5.74) is 6.97. The number of hydrogen-bond acceptors (Lipinski definition) is 3. The molecule has 0 fully saturated rings. The lowest BCUT2D eigenvalue weighted by Crippen LogP contribution is -2.37. The molecule has 0 aliphatic rings. The zero-order valence-corrected chi connectivity index (χ0v) is 11.3. The summed E-state index contributed by atoms with van der Waals surface area (Å²) in [7, 11) is 0. The molecule has 0 saturated carbocycles. The average molecular weight is 240 g/mol. The van der Waals surface area contributed by atoms with Gasteiger partial charge in [-0.1, -0.05) is 0 Å². The van der Waals surface area contributed by atoms with Crippen molar-refractivity contribution in [2.45, 2.75) is 34.2 Å². The van der Waals surface area contributed by atoms with Crippen LogP contribution in [-0.4, -0.2) is 28.9 Å². The van der Waals surface area contributed by atoms with E-state index in [0.29, 0.717) is 12.5 Å². The fourth-order valence-corrected chi connectivity index (χ4v) is 2.38. The number of nitrogens with two attached hydrogens (primary N) is 1. The van der Waals surface area contributed by atoms with Crippen molar-refractivity contribution in [3.8, 4) is 0 Å². The standard InChI is InChI=1S/C11H20N4S/c1-5-15(6-2)11(12)13-7-10-8(3)14-9(4)16-10/h5-7H2,1-4H3,(H2,12,13). The van der Waals surface area contributed by atoms with E-state index in [-0.39, 0.29) is 0 Å². The Kier molecular flexibility index (Phi) is 4.73. The largest absolute Gasteiger partial charge is 0.370 e. The number of thiazole rings is 1. The molecule has 0 atom stereocenters. The molecular weight excluding hydrogens is 220 g/mol. The van der Waals surface area contributed by atoms with Crippen LogP contribution < -0.4 is 5.73 Å². The van der Waals surface area contributed by atoms with Gasteiger partial charge in [-0.15, -0.1) is 11.3 Å². The van der Waals surface area contributed by atoms with Gasteiger partial charge in [-0.3, -0.25) is 0 Å². The Morgan fingerprint density at radius 3 is 2.44 bits per heavy atom. The van der Waals surface area contributed by atoms with Gasteiger partial charge < -0.3 is 10.6 Å². The molecule has 0 radical (unpaired) electrons. The summed E-state index contributed by atoms with van der Waals surface area (Å²) < 4.78 is 0. The number of rotatable bonds is 4. The van der Waals surface area contributed by atoms with E-state index in [2.05, 4.69) is 23.8 Å². The van der Waals surface area contributed by atoms with Gasteiger partial charge in [-0.25, -0.2) is 9.98 Å². The molecule has 0 unspecified atom stereocenters. The summed E-state index contributed by atoms with van der Waals surface area (Å²) in [6.45, 7) is 10.6. The van der Waals surface area contributed by atoms with E-state index in [9.17, 15) is 0 Å². The first-order chi connectivity index (χ1) is 7.58. The van der Waals surface area contributed by atoms with Gasteiger partial charge in [0.05, 0.1) is 17.2 Å². The molecule has 0 aromatic carbocycles. The normalized spacial score (nSPS) is 11.9. The quantitative estimate of drug-likeness (QED) is 0.646. The second kappa shape index (κ2) is 5.84. The van der Waals surface area contributed by atoms with Gasteiger partial charge in [-0.05, 0) is 27.7 Å². The minimum atomic E-state index is 0.621. The minimum absolute atomic E-state index is 0.621. The van der Waals surface area contributed by atoms with Gasteiger partial charge in [0, 0.05) is 18.0 Å². The van der Waals surface area contributed by atoms with Crippen LogP contribution in [0.5, 0.6) is 0 Å². The first-order valence-corrected chi connectivity index (χ1v) is 6.37. The number of nitrogens with zero attached hydrogens (tertiary/aromatic N) is 3. The maximum absolute atomic E-state index is 5.90. The molecule has 0 bridgehead atoms. The topological polar surface area (TPSA) is 54.5 Å². The molecule has 0 amide bonds. The lowest BCUT2D eigenvalue weighted by Gasteiger charge is -2.19. The van der Waals surface area contributed by atoms with E-state index in [4.69, 9.17) is 5.73 Å². The van der Waals surface area contributed by atoms with E-state index in [1.807, 2.05) is 18.7 Å². The molecule has 4 nitrogen and oxygen atoms in total. The van der Waals surface area contributed by atoms with E-state index < -0.39 is 0 Å². The van der Waals surface area contributed by atoms with Gasteiger partial charge >= 0.3 is 0 Å². The van der Waals surface area contributed by atoms with Crippen LogP contribution in [0.25, 0.3) is 0 Å². The van der Waals surface area contributed by atoms with Gasteiger partial charge in [-0.2, -0.15) is 0 Å². The fraction of sp³-hybridized carbons (Fsp3) is 0.636. The average Bonchev–Trinajstić information content (AvgIpc) is 2.56. The number of aryl methyl sites for hydroxylation is 2. The Balaban J connectivity index is 2.68. The van der Waals surface area contributed by atoms with Crippen molar-refractivity contribution in [2.24, 2.45) is 10.7 Å². The van der Waals surface area contributed by atoms with E-state index in [1.165, 1.54) is 4.88 Å². The lowest BCUT2D eigenvalue weighted by atomic mass is 10.4. The molecule has 16 heavy (non-hydrogen) atoms. The maximum atomic E-state index is 5.90. The Labute approximate surface area is 101 Å². The molecule has 5 heteroatoms. The number of aliphatic imine (C=N–C) groups is 1. The van der Waals surface area contributed by atoms with Crippen LogP contribution in [0.2, 0.25) is 0 Å². The molecule has 2 N–H and O–H groups in total. The predicted octanol–water partition coefficient (Wildman–Crippen LogP) is 1.92. The smallest absolute Gasteiger partial charge is 0.191 e. The van der Waals surface area contributed by atoms with Crippen molar-refractivity contribution in [1.82, 2.24) is 9.88 Å². The van der Waals surface area contributed by atoms with Crippen LogP contribution in [0, 0.1) is 13.8 Å².